The highest BCUT2D eigenvalue weighted by atomic mass is 32.2. The second-order valence-corrected chi connectivity index (χ2v) is 5.13. The van der Waals surface area contributed by atoms with Crippen LogP contribution in [0.5, 0.6) is 0 Å². The van der Waals surface area contributed by atoms with Crippen LogP contribution in [0, 0.1) is 11.6 Å². The van der Waals surface area contributed by atoms with Crippen molar-refractivity contribution in [3.8, 4) is 0 Å². The normalized spacial score (nSPS) is 14.5. The Labute approximate surface area is 111 Å². The third-order valence-electron chi connectivity index (χ3n) is 2.76. The Bertz CT molecular complexity index is 370. The summed E-state index contributed by atoms with van der Waals surface area (Å²) in [5.74, 6) is -0.269. The highest BCUT2D eigenvalue weighted by molar-refractivity contribution is 7.98. The molecule has 0 aliphatic rings. The molecule has 2 nitrogen and oxygen atoms in total. The summed E-state index contributed by atoms with van der Waals surface area (Å²) in [4.78, 5) is 0. The van der Waals surface area contributed by atoms with Gasteiger partial charge in [-0.05, 0) is 25.7 Å². The van der Waals surface area contributed by atoms with Crippen molar-refractivity contribution in [2.45, 2.75) is 25.4 Å². The largest absolute Gasteiger partial charge is 0.396 e. The van der Waals surface area contributed by atoms with Gasteiger partial charge in [0.25, 0.3) is 0 Å². The van der Waals surface area contributed by atoms with Crippen LogP contribution >= 0.6 is 11.8 Å². The van der Waals surface area contributed by atoms with E-state index in [-0.39, 0.29) is 18.7 Å². The third kappa shape index (κ3) is 4.55. The maximum atomic E-state index is 13.6. The van der Waals surface area contributed by atoms with E-state index in [9.17, 15) is 8.78 Å². The Kier molecular flexibility index (Phi) is 6.60. The van der Waals surface area contributed by atoms with Gasteiger partial charge in [0.2, 0.25) is 0 Å². The first-order valence-electron chi connectivity index (χ1n) is 5.89. The predicted octanol–water partition coefficient (Wildman–Crippen LogP) is 2.73. The van der Waals surface area contributed by atoms with E-state index in [1.54, 1.807) is 11.8 Å². The van der Waals surface area contributed by atoms with E-state index >= 15 is 0 Å². The van der Waals surface area contributed by atoms with Gasteiger partial charge in [0.15, 0.2) is 0 Å². The van der Waals surface area contributed by atoms with Crippen molar-refractivity contribution in [2.75, 3.05) is 18.6 Å². The Hall–Kier alpha value is -0.650. The number of rotatable bonds is 7. The van der Waals surface area contributed by atoms with Gasteiger partial charge in [-0.3, -0.25) is 0 Å². The summed E-state index contributed by atoms with van der Waals surface area (Å²) in [6, 6.07) is 3.51. The van der Waals surface area contributed by atoms with Crippen LogP contribution in [0.1, 0.15) is 24.9 Å². The molecule has 0 fully saturated rings. The summed E-state index contributed by atoms with van der Waals surface area (Å²) in [5, 5.41) is 12.2. The Morgan fingerprint density at radius 2 is 2.11 bits per heavy atom. The molecule has 0 heterocycles. The smallest absolute Gasteiger partial charge is 0.130 e. The third-order valence-corrected chi connectivity index (χ3v) is 3.50. The zero-order valence-corrected chi connectivity index (χ0v) is 11.4. The molecule has 2 atom stereocenters. The first kappa shape index (κ1) is 15.4. The van der Waals surface area contributed by atoms with Crippen LogP contribution in [0.15, 0.2) is 18.2 Å². The number of hydrogen-bond donors (Lipinski definition) is 2. The van der Waals surface area contributed by atoms with Crippen LogP contribution in [-0.4, -0.2) is 29.8 Å². The topological polar surface area (TPSA) is 32.3 Å². The second kappa shape index (κ2) is 7.71. The zero-order chi connectivity index (χ0) is 13.5. The van der Waals surface area contributed by atoms with E-state index in [1.807, 2.05) is 13.2 Å². The lowest BCUT2D eigenvalue weighted by atomic mass is 10.1. The molecule has 18 heavy (non-hydrogen) atoms. The lowest BCUT2D eigenvalue weighted by Gasteiger charge is -2.22. The number of aliphatic hydroxyl groups is 1. The summed E-state index contributed by atoms with van der Waals surface area (Å²) in [6.45, 7) is 1.93. The molecule has 0 bridgehead atoms. The average molecular weight is 275 g/mol. The van der Waals surface area contributed by atoms with Crippen LogP contribution in [0.25, 0.3) is 0 Å². The summed E-state index contributed by atoms with van der Waals surface area (Å²) >= 11 is 1.67. The zero-order valence-electron chi connectivity index (χ0n) is 10.6. The van der Waals surface area contributed by atoms with Crippen molar-refractivity contribution in [1.29, 1.82) is 0 Å². The Morgan fingerprint density at radius 1 is 1.39 bits per heavy atom. The highest BCUT2D eigenvalue weighted by Crippen LogP contribution is 2.19. The molecule has 1 aromatic carbocycles. The van der Waals surface area contributed by atoms with Gasteiger partial charge in [0.1, 0.15) is 11.6 Å². The maximum absolute atomic E-state index is 13.6. The minimum atomic E-state index is -0.570. The molecule has 5 heteroatoms. The number of nitrogens with one attached hydrogen (secondary N) is 1. The van der Waals surface area contributed by atoms with E-state index in [0.29, 0.717) is 12.0 Å². The first-order chi connectivity index (χ1) is 8.58. The first-order valence-corrected chi connectivity index (χ1v) is 7.28. The van der Waals surface area contributed by atoms with Gasteiger partial charge in [-0.15, -0.1) is 0 Å². The van der Waals surface area contributed by atoms with Crippen molar-refractivity contribution < 1.29 is 13.9 Å². The standard InChI is InChI=1S/C13H19F2NOS/c1-9(16-11(5-6-17)8-18-2)12-4-3-10(14)7-13(12)15/h3-4,7,9,11,16-17H,5-6,8H2,1-2H3. The van der Waals surface area contributed by atoms with Gasteiger partial charge >= 0.3 is 0 Å². The molecule has 0 radical (unpaired) electrons. The number of halogens is 2. The van der Waals surface area contributed by atoms with Crippen LogP contribution in [-0.2, 0) is 0 Å². The fourth-order valence-electron chi connectivity index (χ4n) is 1.87. The molecule has 0 spiro atoms. The predicted molar refractivity (Wildman–Crippen MR) is 71.8 cm³/mol. The Balaban J connectivity index is 2.70. The van der Waals surface area contributed by atoms with Crippen LogP contribution in [0.3, 0.4) is 0 Å². The number of benzene rings is 1. The number of hydrogen-bond acceptors (Lipinski definition) is 3. The van der Waals surface area contributed by atoms with Crippen molar-refractivity contribution >= 4 is 11.8 Å². The molecule has 0 saturated carbocycles. The molecule has 0 aliphatic heterocycles. The van der Waals surface area contributed by atoms with Gasteiger partial charge in [0.05, 0.1) is 0 Å². The number of thioether (sulfide) groups is 1. The Morgan fingerprint density at radius 3 is 2.67 bits per heavy atom. The molecule has 1 rings (SSSR count). The molecular weight excluding hydrogens is 256 g/mol. The van der Waals surface area contributed by atoms with Gasteiger partial charge < -0.3 is 10.4 Å². The number of aliphatic hydroxyl groups excluding tert-OH is 1. The molecule has 1 aromatic rings. The monoisotopic (exact) mass is 275 g/mol. The minimum Gasteiger partial charge on any atom is -0.396 e. The van der Waals surface area contributed by atoms with Crippen molar-refractivity contribution in [3.63, 3.8) is 0 Å². The van der Waals surface area contributed by atoms with Crippen molar-refractivity contribution in [1.82, 2.24) is 5.32 Å². The van der Waals surface area contributed by atoms with Gasteiger partial charge in [-0.25, -0.2) is 8.78 Å². The van der Waals surface area contributed by atoms with Gasteiger partial charge in [0, 0.05) is 36.1 Å². The molecular formula is C13H19F2NOS. The van der Waals surface area contributed by atoms with Crippen molar-refractivity contribution in [3.05, 3.63) is 35.4 Å². The maximum Gasteiger partial charge on any atom is 0.130 e. The molecule has 102 valence electrons. The summed E-state index contributed by atoms with van der Waals surface area (Å²) < 4.78 is 26.4. The molecule has 0 aliphatic carbocycles. The molecule has 0 aromatic heterocycles. The van der Waals surface area contributed by atoms with E-state index < -0.39 is 11.6 Å². The van der Waals surface area contributed by atoms with Gasteiger partial charge in [-0.1, -0.05) is 6.07 Å². The SMILES string of the molecule is CSCC(CCO)NC(C)c1ccc(F)cc1F. The van der Waals surface area contributed by atoms with Crippen LogP contribution < -0.4 is 5.32 Å². The lowest BCUT2D eigenvalue weighted by Crippen LogP contribution is -2.34. The van der Waals surface area contributed by atoms with E-state index in [0.717, 1.165) is 11.8 Å². The summed E-state index contributed by atoms with van der Waals surface area (Å²) in [7, 11) is 0. The fourth-order valence-corrected chi connectivity index (χ4v) is 2.53. The van der Waals surface area contributed by atoms with E-state index in [4.69, 9.17) is 5.11 Å². The van der Waals surface area contributed by atoms with Crippen LogP contribution in [0.4, 0.5) is 8.78 Å². The molecule has 0 saturated heterocycles. The quantitative estimate of drug-likeness (QED) is 0.802. The summed E-state index contributed by atoms with van der Waals surface area (Å²) in [6.07, 6.45) is 2.60. The average Bonchev–Trinajstić information content (AvgIpc) is 2.29. The molecule has 0 amide bonds. The lowest BCUT2D eigenvalue weighted by molar-refractivity contribution is 0.265. The van der Waals surface area contributed by atoms with E-state index in [1.165, 1.54) is 12.1 Å². The van der Waals surface area contributed by atoms with Crippen LogP contribution in [0.2, 0.25) is 0 Å². The highest BCUT2D eigenvalue weighted by Gasteiger charge is 2.16. The summed E-state index contributed by atoms with van der Waals surface area (Å²) in [5.41, 5.74) is 0.445. The van der Waals surface area contributed by atoms with E-state index in [2.05, 4.69) is 5.32 Å². The second-order valence-electron chi connectivity index (χ2n) is 4.22. The van der Waals surface area contributed by atoms with Gasteiger partial charge in [-0.2, -0.15) is 11.8 Å². The minimum absolute atomic E-state index is 0.0941. The fraction of sp³-hybridized carbons (Fsp3) is 0.538. The molecule has 2 unspecified atom stereocenters. The van der Waals surface area contributed by atoms with Crippen molar-refractivity contribution in [2.24, 2.45) is 0 Å². The molecule has 2 N–H and O–H groups in total.